The molecule has 31 heavy (non-hydrogen) atoms. The number of anilines is 1. The largest absolute Gasteiger partial charge is 0.378 e. The Morgan fingerprint density at radius 3 is 2.65 bits per heavy atom. The molecule has 2 saturated heterocycles. The van der Waals surface area contributed by atoms with Crippen LogP contribution in [-0.4, -0.2) is 55.1 Å². The molecule has 6 nitrogen and oxygen atoms in total. The van der Waals surface area contributed by atoms with E-state index in [1.165, 1.54) is 5.57 Å². The highest BCUT2D eigenvalue weighted by molar-refractivity contribution is 5.89. The van der Waals surface area contributed by atoms with Crippen molar-refractivity contribution in [3.05, 3.63) is 65.5 Å². The second-order valence-corrected chi connectivity index (χ2v) is 7.90. The van der Waals surface area contributed by atoms with Crippen molar-refractivity contribution < 1.29 is 4.74 Å². The molecule has 0 atom stereocenters. The Hall–Kier alpha value is -3.17. The van der Waals surface area contributed by atoms with Crippen LogP contribution in [0.3, 0.4) is 0 Å². The lowest BCUT2D eigenvalue weighted by Crippen LogP contribution is -2.40. The molecule has 0 saturated carbocycles. The van der Waals surface area contributed by atoms with Gasteiger partial charge in [0, 0.05) is 44.4 Å². The summed E-state index contributed by atoms with van der Waals surface area (Å²) >= 11 is 0. The van der Waals surface area contributed by atoms with Gasteiger partial charge in [-0.05, 0) is 42.7 Å². The van der Waals surface area contributed by atoms with Gasteiger partial charge in [0.1, 0.15) is 5.84 Å². The molecule has 0 N–H and O–H groups in total. The van der Waals surface area contributed by atoms with E-state index in [4.69, 9.17) is 9.73 Å². The van der Waals surface area contributed by atoms with Gasteiger partial charge in [-0.3, -0.25) is 4.98 Å². The molecule has 0 spiro atoms. The number of nitrogens with zero attached hydrogens (tertiary/aromatic N) is 5. The van der Waals surface area contributed by atoms with Gasteiger partial charge >= 0.3 is 0 Å². The van der Waals surface area contributed by atoms with Crippen LogP contribution >= 0.6 is 0 Å². The first-order valence-corrected chi connectivity index (χ1v) is 11.1. The number of nitriles is 1. The number of pyridine rings is 1. The zero-order chi connectivity index (χ0) is 21.5. The van der Waals surface area contributed by atoms with E-state index in [1.807, 2.05) is 42.7 Å². The van der Waals surface area contributed by atoms with Crippen LogP contribution < -0.4 is 4.90 Å². The van der Waals surface area contributed by atoms with Crippen LogP contribution in [0.25, 0.3) is 5.70 Å². The standard InChI is InChI=1S/C25H29N5O/c1-2-4-24(29-13-15-31-16-14-29)28-25(21-8-6-20(17-26)7-9-21)22-10-12-30(19-22)23-5-3-11-27-18-23/h3,5-9,11,18H,2,4,10,12-16,19H2,1H3/b25-22-,28-24?. The lowest BCUT2D eigenvalue weighted by molar-refractivity contribution is 0.0672. The predicted molar refractivity (Wildman–Crippen MR) is 124 cm³/mol. The van der Waals surface area contributed by atoms with Gasteiger partial charge in [0.2, 0.25) is 0 Å². The normalized spacial score (nSPS) is 18.8. The highest BCUT2D eigenvalue weighted by Gasteiger charge is 2.23. The fraction of sp³-hybridized carbons (Fsp3) is 0.400. The minimum Gasteiger partial charge on any atom is -0.378 e. The molecular formula is C25H29N5O. The quantitative estimate of drug-likeness (QED) is 0.543. The smallest absolute Gasteiger partial charge is 0.105 e. The van der Waals surface area contributed by atoms with Gasteiger partial charge in [0.15, 0.2) is 0 Å². The van der Waals surface area contributed by atoms with Gasteiger partial charge in [-0.2, -0.15) is 5.26 Å². The SMILES string of the molecule is CCCC(=N/C(=C1/CCN(c2cccnc2)C1)c1ccc(C#N)cc1)N1CCOCC1. The number of benzene rings is 1. The van der Waals surface area contributed by atoms with Gasteiger partial charge in [0.05, 0.1) is 42.4 Å². The Kier molecular flexibility index (Phi) is 6.96. The van der Waals surface area contributed by atoms with Gasteiger partial charge < -0.3 is 14.5 Å². The van der Waals surface area contributed by atoms with Crippen LogP contribution in [0.5, 0.6) is 0 Å². The Morgan fingerprint density at radius 1 is 1.16 bits per heavy atom. The molecule has 0 unspecified atom stereocenters. The summed E-state index contributed by atoms with van der Waals surface area (Å²) < 4.78 is 5.55. The van der Waals surface area contributed by atoms with Crippen LogP contribution in [-0.2, 0) is 4.74 Å². The van der Waals surface area contributed by atoms with Crippen molar-refractivity contribution in [3.8, 4) is 6.07 Å². The van der Waals surface area contributed by atoms with Crippen molar-refractivity contribution in [1.82, 2.24) is 9.88 Å². The molecular weight excluding hydrogens is 386 g/mol. The summed E-state index contributed by atoms with van der Waals surface area (Å²) in [5.41, 5.74) is 5.26. The fourth-order valence-electron chi connectivity index (χ4n) is 4.12. The van der Waals surface area contributed by atoms with E-state index in [0.29, 0.717) is 5.56 Å². The van der Waals surface area contributed by atoms with Crippen LogP contribution in [0, 0.1) is 11.3 Å². The van der Waals surface area contributed by atoms with Crippen LogP contribution in [0.2, 0.25) is 0 Å². The third-order valence-electron chi connectivity index (χ3n) is 5.79. The summed E-state index contributed by atoms with van der Waals surface area (Å²) in [5, 5.41) is 9.20. The molecule has 0 amide bonds. The summed E-state index contributed by atoms with van der Waals surface area (Å²) in [5.74, 6) is 1.14. The first-order chi connectivity index (χ1) is 15.3. The number of amidine groups is 1. The number of hydrogen-bond donors (Lipinski definition) is 0. The average Bonchev–Trinajstić information content (AvgIpc) is 3.33. The number of morpholine rings is 1. The van der Waals surface area contributed by atoms with E-state index in [0.717, 1.165) is 81.4 Å². The Morgan fingerprint density at radius 2 is 1.97 bits per heavy atom. The maximum absolute atomic E-state index is 9.20. The predicted octanol–water partition coefficient (Wildman–Crippen LogP) is 4.11. The molecule has 2 aliphatic heterocycles. The molecule has 4 rings (SSSR count). The maximum Gasteiger partial charge on any atom is 0.105 e. The molecule has 0 bridgehead atoms. The first-order valence-electron chi connectivity index (χ1n) is 11.1. The van der Waals surface area contributed by atoms with Crippen LogP contribution in [0.1, 0.15) is 37.3 Å². The van der Waals surface area contributed by atoms with Crippen molar-refractivity contribution in [1.29, 1.82) is 5.26 Å². The van der Waals surface area contributed by atoms with Crippen LogP contribution in [0.4, 0.5) is 5.69 Å². The van der Waals surface area contributed by atoms with Crippen LogP contribution in [0.15, 0.2) is 59.4 Å². The molecule has 3 heterocycles. The van der Waals surface area contributed by atoms with E-state index < -0.39 is 0 Å². The molecule has 0 radical (unpaired) electrons. The third-order valence-corrected chi connectivity index (χ3v) is 5.79. The molecule has 6 heteroatoms. The zero-order valence-corrected chi connectivity index (χ0v) is 18.1. The summed E-state index contributed by atoms with van der Waals surface area (Å²) in [6.45, 7) is 7.27. The lowest BCUT2D eigenvalue weighted by Gasteiger charge is -2.30. The first kappa shape index (κ1) is 21.1. The van der Waals surface area contributed by atoms with E-state index in [1.54, 1.807) is 0 Å². The topological polar surface area (TPSA) is 64.8 Å². The molecule has 0 aliphatic carbocycles. The van der Waals surface area contributed by atoms with Gasteiger partial charge in [-0.25, -0.2) is 4.99 Å². The summed E-state index contributed by atoms with van der Waals surface area (Å²) in [7, 11) is 0. The third kappa shape index (κ3) is 5.12. The maximum atomic E-state index is 9.20. The minimum atomic E-state index is 0.669. The summed E-state index contributed by atoms with van der Waals surface area (Å²) in [6, 6.07) is 14.1. The lowest BCUT2D eigenvalue weighted by atomic mass is 10.0. The minimum absolute atomic E-state index is 0.669. The van der Waals surface area contributed by atoms with Gasteiger partial charge in [-0.15, -0.1) is 0 Å². The monoisotopic (exact) mass is 415 g/mol. The number of aromatic nitrogens is 1. The number of aliphatic imine (C=N–C) groups is 1. The van der Waals surface area contributed by atoms with Crippen molar-refractivity contribution in [2.24, 2.45) is 4.99 Å². The number of hydrogen-bond acceptors (Lipinski definition) is 5. The van der Waals surface area contributed by atoms with Gasteiger partial charge in [-0.1, -0.05) is 19.1 Å². The average molecular weight is 416 g/mol. The van der Waals surface area contributed by atoms with Crippen molar-refractivity contribution in [3.63, 3.8) is 0 Å². The summed E-state index contributed by atoms with van der Waals surface area (Å²) in [4.78, 5) is 14.3. The molecule has 1 aromatic heterocycles. The fourth-order valence-corrected chi connectivity index (χ4v) is 4.12. The number of rotatable bonds is 5. The Bertz CT molecular complexity index is 969. The number of ether oxygens (including phenoxy) is 1. The molecule has 2 aromatic rings. The zero-order valence-electron chi connectivity index (χ0n) is 18.1. The van der Waals surface area contributed by atoms with E-state index >= 15 is 0 Å². The van der Waals surface area contributed by atoms with E-state index in [9.17, 15) is 5.26 Å². The van der Waals surface area contributed by atoms with Crippen molar-refractivity contribution >= 4 is 17.2 Å². The highest BCUT2D eigenvalue weighted by atomic mass is 16.5. The highest BCUT2D eigenvalue weighted by Crippen LogP contribution is 2.31. The van der Waals surface area contributed by atoms with E-state index in [2.05, 4.69) is 33.8 Å². The van der Waals surface area contributed by atoms with Gasteiger partial charge in [0.25, 0.3) is 0 Å². The Labute approximate surface area is 184 Å². The summed E-state index contributed by atoms with van der Waals surface area (Å²) in [6.07, 6.45) is 6.69. The second kappa shape index (κ2) is 10.2. The second-order valence-electron chi connectivity index (χ2n) is 7.90. The Balaban J connectivity index is 1.72. The molecule has 2 aliphatic rings. The van der Waals surface area contributed by atoms with Crippen molar-refractivity contribution in [2.45, 2.75) is 26.2 Å². The molecule has 160 valence electrons. The van der Waals surface area contributed by atoms with E-state index in [-0.39, 0.29) is 0 Å². The molecule has 1 aromatic carbocycles. The molecule has 2 fully saturated rings. The van der Waals surface area contributed by atoms with Crippen molar-refractivity contribution in [2.75, 3.05) is 44.3 Å².